The van der Waals surface area contributed by atoms with Crippen molar-refractivity contribution >= 4 is 51.0 Å². The van der Waals surface area contributed by atoms with Crippen molar-refractivity contribution in [1.29, 1.82) is 0 Å². The molecule has 0 bridgehead atoms. The lowest BCUT2D eigenvalue weighted by atomic mass is 10.3. The first-order chi connectivity index (χ1) is 11.2. The highest BCUT2D eigenvalue weighted by Gasteiger charge is 2.11. The van der Waals surface area contributed by atoms with Crippen LogP contribution in [0.1, 0.15) is 0 Å². The molecule has 0 aliphatic heterocycles. The Bertz CT molecular complexity index is 993. The molecule has 0 spiro atoms. The van der Waals surface area contributed by atoms with Gasteiger partial charge in [0.2, 0.25) is 0 Å². The Morgan fingerprint density at radius 2 is 2.00 bits per heavy atom. The Morgan fingerprint density at radius 3 is 2.91 bits per heavy atom. The van der Waals surface area contributed by atoms with Crippen LogP contribution >= 0.6 is 34.5 Å². The number of halogens is 2. The van der Waals surface area contributed by atoms with Crippen LogP contribution in [0.25, 0.3) is 17.0 Å². The van der Waals surface area contributed by atoms with Gasteiger partial charge >= 0.3 is 0 Å². The predicted octanol–water partition coefficient (Wildman–Crippen LogP) is 5.51. The number of thiazole rings is 1. The highest BCUT2D eigenvalue weighted by Crippen LogP contribution is 2.33. The summed E-state index contributed by atoms with van der Waals surface area (Å²) in [5, 5.41) is 6.93. The lowest BCUT2D eigenvalue weighted by Crippen LogP contribution is -1.92. The number of hydrogen-bond acceptors (Lipinski definition) is 4. The third kappa shape index (κ3) is 2.67. The third-order valence-corrected chi connectivity index (χ3v) is 4.95. The minimum atomic E-state index is 0.487. The summed E-state index contributed by atoms with van der Waals surface area (Å²) in [4.78, 5) is 9.00. The number of anilines is 2. The third-order valence-electron chi connectivity index (χ3n) is 3.38. The summed E-state index contributed by atoms with van der Waals surface area (Å²) in [5.41, 5.74) is 3.43. The zero-order valence-electron chi connectivity index (χ0n) is 11.7. The van der Waals surface area contributed by atoms with Gasteiger partial charge in [0.1, 0.15) is 11.3 Å². The number of hydrogen-bond donors (Lipinski definition) is 1. The number of aromatic nitrogens is 3. The van der Waals surface area contributed by atoms with Crippen LogP contribution < -0.4 is 5.32 Å². The van der Waals surface area contributed by atoms with Crippen LogP contribution in [0.4, 0.5) is 10.8 Å². The molecule has 7 heteroatoms. The van der Waals surface area contributed by atoms with Crippen LogP contribution in [0.15, 0.2) is 54.2 Å². The smallest absolute Gasteiger partial charge is 0.187 e. The maximum Gasteiger partial charge on any atom is 0.187 e. The number of fused-ring (bicyclic) bond motifs is 1. The monoisotopic (exact) mass is 360 g/mol. The van der Waals surface area contributed by atoms with E-state index in [1.54, 1.807) is 6.07 Å². The number of rotatable bonds is 3. The SMILES string of the molecule is Clc1cccc(Nc2nc(-c3cnc4ccccn34)cs2)c1Cl. The average molecular weight is 361 g/mol. The van der Waals surface area contributed by atoms with Crippen molar-refractivity contribution in [1.82, 2.24) is 14.4 Å². The number of pyridine rings is 1. The van der Waals surface area contributed by atoms with Gasteiger partial charge in [0.05, 0.1) is 27.6 Å². The molecule has 0 fully saturated rings. The Labute approximate surface area is 146 Å². The van der Waals surface area contributed by atoms with E-state index in [0.29, 0.717) is 10.0 Å². The van der Waals surface area contributed by atoms with Crippen molar-refractivity contribution < 1.29 is 0 Å². The van der Waals surface area contributed by atoms with Crippen LogP contribution in [0.3, 0.4) is 0 Å². The summed E-state index contributed by atoms with van der Waals surface area (Å²) in [7, 11) is 0. The normalized spacial score (nSPS) is 11.0. The molecule has 114 valence electrons. The second-order valence-electron chi connectivity index (χ2n) is 4.84. The maximum absolute atomic E-state index is 6.20. The largest absolute Gasteiger partial charge is 0.330 e. The topological polar surface area (TPSA) is 42.2 Å². The van der Waals surface area contributed by atoms with Gasteiger partial charge in [-0.05, 0) is 24.3 Å². The lowest BCUT2D eigenvalue weighted by Gasteiger charge is -2.05. The van der Waals surface area contributed by atoms with Crippen molar-refractivity contribution in [3.63, 3.8) is 0 Å². The van der Waals surface area contributed by atoms with E-state index in [1.165, 1.54) is 11.3 Å². The molecule has 3 heterocycles. The molecule has 1 aromatic carbocycles. The van der Waals surface area contributed by atoms with E-state index in [4.69, 9.17) is 23.2 Å². The van der Waals surface area contributed by atoms with Crippen LogP contribution in [0.5, 0.6) is 0 Å². The summed E-state index contributed by atoms with van der Waals surface area (Å²) in [5.74, 6) is 0. The molecule has 4 rings (SSSR count). The Hall–Kier alpha value is -2.08. The van der Waals surface area contributed by atoms with Gasteiger partial charge in [-0.1, -0.05) is 35.3 Å². The van der Waals surface area contributed by atoms with Crippen LogP contribution in [0, 0.1) is 0 Å². The zero-order valence-corrected chi connectivity index (χ0v) is 14.0. The predicted molar refractivity (Wildman–Crippen MR) is 96.0 cm³/mol. The van der Waals surface area contributed by atoms with E-state index < -0.39 is 0 Å². The molecule has 0 aliphatic carbocycles. The first-order valence-electron chi connectivity index (χ1n) is 6.81. The molecule has 1 N–H and O–H groups in total. The fraction of sp³-hybridized carbons (Fsp3) is 0. The second kappa shape index (κ2) is 5.85. The van der Waals surface area contributed by atoms with Gasteiger partial charge in [-0.2, -0.15) is 0 Å². The fourth-order valence-electron chi connectivity index (χ4n) is 2.29. The quantitative estimate of drug-likeness (QED) is 0.523. The van der Waals surface area contributed by atoms with E-state index in [2.05, 4.69) is 15.3 Å². The van der Waals surface area contributed by atoms with Crippen LogP contribution in [-0.2, 0) is 0 Å². The summed E-state index contributed by atoms with van der Waals surface area (Å²) < 4.78 is 2.01. The molecule has 3 aromatic heterocycles. The first kappa shape index (κ1) is 14.5. The molecule has 0 aliphatic rings. The second-order valence-corrected chi connectivity index (χ2v) is 6.48. The van der Waals surface area contributed by atoms with Crippen LogP contribution in [-0.4, -0.2) is 14.4 Å². The Balaban J connectivity index is 1.68. The minimum absolute atomic E-state index is 0.487. The molecule has 0 amide bonds. The summed E-state index contributed by atoms with van der Waals surface area (Å²) in [6.07, 6.45) is 3.79. The molecule has 0 radical (unpaired) electrons. The summed E-state index contributed by atoms with van der Waals surface area (Å²) in [6.45, 7) is 0. The van der Waals surface area contributed by atoms with Gasteiger partial charge < -0.3 is 5.32 Å². The molecule has 0 unspecified atom stereocenters. The van der Waals surface area contributed by atoms with Gasteiger partial charge in [0.15, 0.2) is 5.13 Å². The molecule has 23 heavy (non-hydrogen) atoms. The van der Waals surface area contributed by atoms with Gasteiger partial charge in [-0.25, -0.2) is 9.97 Å². The number of benzene rings is 1. The molecule has 0 saturated carbocycles. The van der Waals surface area contributed by atoms with Gasteiger partial charge in [0.25, 0.3) is 0 Å². The zero-order chi connectivity index (χ0) is 15.8. The molecule has 4 nitrogen and oxygen atoms in total. The summed E-state index contributed by atoms with van der Waals surface area (Å²) in [6, 6.07) is 11.3. The number of nitrogens with zero attached hydrogens (tertiary/aromatic N) is 3. The van der Waals surface area contributed by atoms with Crippen LogP contribution in [0.2, 0.25) is 10.0 Å². The average Bonchev–Trinajstić information content (AvgIpc) is 3.18. The molecule has 0 saturated heterocycles. The number of nitrogens with one attached hydrogen (secondary N) is 1. The molecule has 4 aromatic rings. The van der Waals surface area contributed by atoms with E-state index >= 15 is 0 Å². The Kier molecular flexibility index (Phi) is 3.69. The standard InChI is InChI=1S/C16H10Cl2N4S/c17-10-4-3-5-11(15(10)18)20-16-21-12(9-23-16)13-8-19-14-6-1-2-7-22(13)14/h1-9H,(H,20,21). The van der Waals surface area contributed by atoms with Gasteiger partial charge in [0, 0.05) is 11.6 Å². The highest BCUT2D eigenvalue weighted by molar-refractivity contribution is 7.14. The van der Waals surface area contributed by atoms with Crippen molar-refractivity contribution in [2.75, 3.05) is 5.32 Å². The summed E-state index contributed by atoms with van der Waals surface area (Å²) >= 11 is 13.7. The van der Waals surface area contributed by atoms with E-state index in [1.807, 2.05) is 52.5 Å². The highest BCUT2D eigenvalue weighted by atomic mass is 35.5. The van der Waals surface area contributed by atoms with E-state index in [9.17, 15) is 0 Å². The minimum Gasteiger partial charge on any atom is -0.330 e. The lowest BCUT2D eigenvalue weighted by molar-refractivity contribution is 1.18. The molecular formula is C16H10Cl2N4S. The van der Waals surface area contributed by atoms with Gasteiger partial charge in [-0.15, -0.1) is 11.3 Å². The molecular weight excluding hydrogens is 351 g/mol. The fourth-order valence-corrected chi connectivity index (χ4v) is 3.35. The Morgan fingerprint density at radius 1 is 1.09 bits per heavy atom. The molecule has 0 atom stereocenters. The van der Waals surface area contributed by atoms with Crippen molar-refractivity contribution in [3.05, 3.63) is 64.2 Å². The van der Waals surface area contributed by atoms with E-state index in [-0.39, 0.29) is 0 Å². The maximum atomic E-state index is 6.20. The van der Waals surface area contributed by atoms with Gasteiger partial charge in [-0.3, -0.25) is 4.40 Å². The van der Waals surface area contributed by atoms with Crippen molar-refractivity contribution in [3.8, 4) is 11.4 Å². The van der Waals surface area contributed by atoms with E-state index in [0.717, 1.165) is 27.9 Å². The number of imidazole rings is 1. The first-order valence-corrected chi connectivity index (χ1v) is 8.45. The van der Waals surface area contributed by atoms with Crippen molar-refractivity contribution in [2.45, 2.75) is 0 Å². The van der Waals surface area contributed by atoms with Crippen molar-refractivity contribution in [2.24, 2.45) is 0 Å².